The fourth-order valence-corrected chi connectivity index (χ4v) is 4.43. The molecule has 1 aliphatic heterocycles. The lowest BCUT2D eigenvalue weighted by atomic mass is 10.1. The molecule has 0 radical (unpaired) electrons. The highest BCUT2D eigenvalue weighted by atomic mass is 19.4. The number of hydrogen-bond donors (Lipinski definition) is 4. The third-order valence-electron chi connectivity index (χ3n) is 6.50. The van der Waals surface area contributed by atoms with E-state index in [0.717, 1.165) is 11.6 Å². The summed E-state index contributed by atoms with van der Waals surface area (Å²) >= 11 is 0. The highest BCUT2D eigenvalue weighted by Gasteiger charge is 2.40. The number of carbonyl (C=O) groups is 4. The van der Waals surface area contributed by atoms with Crippen molar-refractivity contribution in [1.82, 2.24) is 15.5 Å². The number of hydrogen-bond acceptors (Lipinski definition) is 7. The van der Waals surface area contributed by atoms with E-state index < -0.39 is 65.1 Å². The monoisotopic (exact) mass is 632 g/mol. The lowest BCUT2D eigenvalue weighted by molar-refractivity contribution is -0.137. The van der Waals surface area contributed by atoms with E-state index in [1.807, 2.05) is 6.07 Å². The van der Waals surface area contributed by atoms with Gasteiger partial charge in [0.25, 0.3) is 5.91 Å². The number of ether oxygens (including phenoxy) is 2. The highest BCUT2D eigenvalue weighted by molar-refractivity contribution is 6.04. The number of benzene rings is 2. The van der Waals surface area contributed by atoms with Gasteiger partial charge in [0.15, 0.2) is 0 Å². The summed E-state index contributed by atoms with van der Waals surface area (Å²) in [7, 11) is 0. The predicted octanol–water partition coefficient (Wildman–Crippen LogP) is 4.06. The number of likely N-dealkylation sites (tertiary alicyclic amines) is 1. The Labute approximate surface area is 258 Å². The smallest absolute Gasteiger partial charge is 0.416 e. The van der Waals surface area contributed by atoms with Crippen molar-refractivity contribution in [2.24, 2.45) is 0 Å². The van der Waals surface area contributed by atoms with Crippen LogP contribution in [-0.2, 0) is 27.1 Å². The van der Waals surface area contributed by atoms with Crippen LogP contribution in [-0.4, -0.2) is 70.9 Å². The summed E-state index contributed by atoms with van der Waals surface area (Å²) in [6.45, 7) is 6.02. The van der Waals surface area contributed by atoms with Crippen molar-refractivity contribution in [1.29, 1.82) is 0 Å². The van der Waals surface area contributed by atoms with Gasteiger partial charge in [-0.3, -0.25) is 14.9 Å². The number of anilines is 1. The Hall–Kier alpha value is -4.77. The van der Waals surface area contributed by atoms with E-state index in [4.69, 9.17) is 9.47 Å². The fourth-order valence-electron chi connectivity index (χ4n) is 4.43. The number of aliphatic hydroxyl groups is 1. The van der Waals surface area contributed by atoms with Crippen molar-refractivity contribution in [3.8, 4) is 11.8 Å². The maximum atomic E-state index is 13.5. The molecule has 0 aliphatic carbocycles. The SMILES string of the molecule is CC#C[C@@H](O)[C@H](CNC(=O)OCc1ccccc1)N1CC[C@H](NC(=O)c2cc(C(F)(F)F)ccc2NC(=O)OC(C)(C)C)C1=O. The molecule has 0 saturated carbocycles. The average molecular weight is 633 g/mol. The Kier molecular flexibility index (Phi) is 11.4. The Morgan fingerprint density at radius 2 is 1.78 bits per heavy atom. The molecule has 14 heteroatoms. The lowest BCUT2D eigenvalue weighted by Gasteiger charge is -2.30. The Balaban J connectivity index is 1.74. The summed E-state index contributed by atoms with van der Waals surface area (Å²) in [6.07, 6.45) is -7.93. The van der Waals surface area contributed by atoms with Gasteiger partial charge in [-0.15, -0.1) is 5.92 Å². The van der Waals surface area contributed by atoms with Crippen LogP contribution in [0.25, 0.3) is 0 Å². The largest absolute Gasteiger partial charge is 0.445 e. The summed E-state index contributed by atoms with van der Waals surface area (Å²) in [5.74, 6) is 3.38. The molecule has 1 heterocycles. The van der Waals surface area contributed by atoms with Crippen LogP contribution in [0, 0.1) is 11.8 Å². The van der Waals surface area contributed by atoms with Crippen LogP contribution < -0.4 is 16.0 Å². The van der Waals surface area contributed by atoms with E-state index in [1.54, 1.807) is 45.0 Å². The maximum Gasteiger partial charge on any atom is 0.416 e. The second kappa shape index (κ2) is 14.8. The van der Waals surface area contributed by atoms with Gasteiger partial charge in [0.05, 0.1) is 22.9 Å². The molecule has 0 spiro atoms. The Bertz CT molecular complexity index is 1450. The summed E-state index contributed by atoms with van der Waals surface area (Å²) in [5, 5.41) is 17.9. The van der Waals surface area contributed by atoms with E-state index in [1.165, 1.54) is 11.8 Å². The van der Waals surface area contributed by atoms with Crippen molar-refractivity contribution in [3.63, 3.8) is 0 Å². The third-order valence-corrected chi connectivity index (χ3v) is 6.50. The minimum atomic E-state index is -4.79. The average Bonchev–Trinajstić information content (AvgIpc) is 3.30. The summed E-state index contributed by atoms with van der Waals surface area (Å²) in [6, 6.07) is 8.88. The van der Waals surface area contributed by atoms with Crippen molar-refractivity contribution < 1.29 is 46.9 Å². The third kappa shape index (κ3) is 10.1. The topological polar surface area (TPSA) is 146 Å². The van der Waals surface area contributed by atoms with Crippen molar-refractivity contribution >= 4 is 29.7 Å². The van der Waals surface area contributed by atoms with Gasteiger partial charge in [-0.05, 0) is 57.9 Å². The Morgan fingerprint density at radius 3 is 2.40 bits per heavy atom. The van der Waals surface area contributed by atoms with Gasteiger partial charge in [-0.25, -0.2) is 9.59 Å². The van der Waals surface area contributed by atoms with Gasteiger partial charge in [-0.1, -0.05) is 36.3 Å². The van der Waals surface area contributed by atoms with Crippen LogP contribution in [0.5, 0.6) is 0 Å². The normalized spacial score (nSPS) is 16.1. The molecule has 0 aromatic heterocycles. The number of alkyl carbamates (subject to hydrolysis) is 1. The quantitative estimate of drug-likeness (QED) is 0.305. The number of halogens is 3. The van der Waals surface area contributed by atoms with E-state index in [2.05, 4.69) is 27.8 Å². The van der Waals surface area contributed by atoms with Crippen molar-refractivity contribution in [3.05, 3.63) is 65.2 Å². The molecule has 242 valence electrons. The molecule has 11 nitrogen and oxygen atoms in total. The molecule has 0 bridgehead atoms. The minimum Gasteiger partial charge on any atom is -0.445 e. The second-order valence-corrected chi connectivity index (χ2v) is 11.1. The Morgan fingerprint density at radius 1 is 1.09 bits per heavy atom. The molecule has 1 saturated heterocycles. The lowest BCUT2D eigenvalue weighted by Crippen LogP contribution is -2.53. The van der Waals surface area contributed by atoms with Gasteiger partial charge in [0.1, 0.15) is 24.4 Å². The molecular formula is C31H35F3N4O7. The van der Waals surface area contributed by atoms with Crippen LogP contribution in [0.1, 0.15) is 55.6 Å². The zero-order valence-corrected chi connectivity index (χ0v) is 25.2. The molecule has 2 aromatic carbocycles. The molecule has 1 fully saturated rings. The molecule has 3 atom stereocenters. The molecule has 2 aromatic rings. The molecule has 4 amide bonds. The molecular weight excluding hydrogens is 597 g/mol. The van der Waals surface area contributed by atoms with Crippen molar-refractivity contribution in [2.45, 2.75) is 70.7 Å². The van der Waals surface area contributed by atoms with Crippen LogP contribution >= 0.6 is 0 Å². The number of nitrogens with one attached hydrogen (secondary N) is 3. The number of nitrogens with zero attached hydrogens (tertiary/aromatic N) is 1. The summed E-state index contributed by atoms with van der Waals surface area (Å²) in [5.41, 5.74) is -2.12. The number of carbonyl (C=O) groups excluding carboxylic acids is 4. The van der Waals surface area contributed by atoms with Gasteiger partial charge in [0.2, 0.25) is 5.91 Å². The van der Waals surface area contributed by atoms with Crippen LogP contribution in [0.2, 0.25) is 0 Å². The van der Waals surface area contributed by atoms with E-state index in [9.17, 15) is 37.5 Å². The first kappa shape index (κ1) is 34.7. The van der Waals surface area contributed by atoms with E-state index in [-0.39, 0.29) is 31.8 Å². The fraction of sp³-hybridized carbons (Fsp3) is 0.419. The number of alkyl halides is 3. The number of amides is 4. The first-order chi connectivity index (χ1) is 21.1. The van der Waals surface area contributed by atoms with Crippen LogP contribution in [0.3, 0.4) is 0 Å². The van der Waals surface area contributed by atoms with E-state index in [0.29, 0.717) is 12.1 Å². The summed E-state index contributed by atoms with van der Waals surface area (Å²) < 4.78 is 50.8. The van der Waals surface area contributed by atoms with Crippen LogP contribution in [0.4, 0.5) is 28.4 Å². The standard InChI is InChI=1S/C31H35F3N4O7/c1-5-9-25(39)24(17-35-28(42)44-18-19-10-7-6-8-11-19)38-15-14-23(27(38)41)36-26(40)21-16-20(31(32,33)34)12-13-22(21)37-29(43)45-30(2,3)4/h6-8,10-13,16,23-25,39H,14-15,17-18H2,1-4H3,(H,35,42)(H,36,40)(H,37,43)/t23-,24-,25+/m0/s1. The van der Waals surface area contributed by atoms with Gasteiger partial charge >= 0.3 is 18.4 Å². The maximum absolute atomic E-state index is 13.5. The van der Waals surface area contributed by atoms with Gasteiger partial charge < -0.3 is 30.1 Å². The minimum absolute atomic E-state index is 0.00821. The number of rotatable bonds is 9. The van der Waals surface area contributed by atoms with Crippen LogP contribution in [0.15, 0.2) is 48.5 Å². The van der Waals surface area contributed by atoms with E-state index >= 15 is 0 Å². The molecule has 4 N–H and O–H groups in total. The zero-order chi connectivity index (χ0) is 33.4. The molecule has 3 rings (SSSR count). The second-order valence-electron chi connectivity index (χ2n) is 11.1. The molecule has 0 unspecified atom stereocenters. The van der Waals surface area contributed by atoms with Gasteiger partial charge in [-0.2, -0.15) is 13.2 Å². The zero-order valence-electron chi connectivity index (χ0n) is 25.2. The van der Waals surface area contributed by atoms with Crippen molar-refractivity contribution in [2.75, 3.05) is 18.4 Å². The number of aliphatic hydroxyl groups excluding tert-OH is 1. The molecule has 45 heavy (non-hydrogen) atoms. The first-order valence-electron chi connectivity index (χ1n) is 14.0. The predicted molar refractivity (Wildman–Crippen MR) is 157 cm³/mol. The first-order valence-corrected chi connectivity index (χ1v) is 14.0. The highest BCUT2D eigenvalue weighted by Crippen LogP contribution is 2.32. The summed E-state index contributed by atoms with van der Waals surface area (Å²) in [4.78, 5) is 52.5. The van der Waals surface area contributed by atoms with Gasteiger partial charge in [0, 0.05) is 13.1 Å². The molecule has 1 aliphatic rings.